The molecule has 2 amide bonds. The van der Waals surface area contributed by atoms with Crippen molar-refractivity contribution in [2.45, 2.75) is 45.1 Å². The molecule has 0 N–H and O–H groups in total. The van der Waals surface area contributed by atoms with E-state index in [0.29, 0.717) is 0 Å². The maximum Gasteiger partial charge on any atom is 0.471 e. The van der Waals surface area contributed by atoms with Gasteiger partial charge in [-0.3, -0.25) is 14.5 Å². The van der Waals surface area contributed by atoms with E-state index in [4.69, 9.17) is 0 Å². The highest BCUT2D eigenvalue weighted by Crippen LogP contribution is 2.27. The quantitative estimate of drug-likeness (QED) is 0.745. The fourth-order valence-corrected chi connectivity index (χ4v) is 1.35. The van der Waals surface area contributed by atoms with Crippen LogP contribution in [0.4, 0.5) is 26.3 Å². The summed E-state index contributed by atoms with van der Waals surface area (Å²) in [4.78, 5) is 21.0. The predicted molar refractivity (Wildman–Crippen MR) is 48.3 cm³/mol. The Kier molecular flexibility index (Phi) is 5.18. The molecular formula is C9H11F6NO2. The van der Waals surface area contributed by atoms with Gasteiger partial charge < -0.3 is 0 Å². The average molecular weight is 279 g/mol. The Morgan fingerprint density at radius 3 is 1.33 bits per heavy atom. The number of hydrogen-bond donors (Lipinski definition) is 0. The molecule has 3 nitrogen and oxygen atoms in total. The van der Waals surface area contributed by atoms with Gasteiger partial charge in [-0.05, 0) is 12.8 Å². The number of carbonyl (C=O) groups is 2. The third kappa shape index (κ3) is 3.88. The number of imide groups is 1. The minimum atomic E-state index is -5.52. The summed E-state index contributed by atoms with van der Waals surface area (Å²) in [6.07, 6.45) is -11.4. The molecule has 18 heavy (non-hydrogen) atoms. The van der Waals surface area contributed by atoms with Crippen LogP contribution in [0, 0.1) is 0 Å². The van der Waals surface area contributed by atoms with Gasteiger partial charge in [0.25, 0.3) is 0 Å². The van der Waals surface area contributed by atoms with Crippen LogP contribution < -0.4 is 0 Å². The second-order valence-electron chi connectivity index (χ2n) is 3.45. The molecule has 0 heterocycles. The summed E-state index contributed by atoms with van der Waals surface area (Å²) in [6, 6.07) is -1.44. The van der Waals surface area contributed by atoms with E-state index in [9.17, 15) is 35.9 Å². The Morgan fingerprint density at radius 2 is 1.17 bits per heavy atom. The molecule has 0 saturated heterocycles. The van der Waals surface area contributed by atoms with Crippen molar-refractivity contribution in [3.05, 3.63) is 0 Å². The molecule has 0 aliphatic rings. The van der Waals surface area contributed by atoms with Crippen LogP contribution in [0.1, 0.15) is 26.7 Å². The molecule has 0 atom stereocenters. The first-order valence-corrected chi connectivity index (χ1v) is 4.98. The molecule has 0 saturated carbocycles. The molecule has 0 unspecified atom stereocenters. The summed E-state index contributed by atoms with van der Waals surface area (Å²) in [5.41, 5.74) is 0. The van der Waals surface area contributed by atoms with Gasteiger partial charge >= 0.3 is 24.2 Å². The van der Waals surface area contributed by atoms with Crippen molar-refractivity contribution < 1.29 is 35.9 Å². The number of amides is 2. The fourth-order valence-electron chi connectivity index (χ4n) is 1.35. The monoisotopic (exact) mass is 279 g/mol. The fraction of sp³-hybridized carbons (Fsp3) is 0.778. The number of alkyl halides is 6. The molecule has 0 fully saturated rings. The van der Waals surface area contributed by atoms with E-state index in [2.05, 4.69) is 0 Å². The largest absolute Gasteiger partial charge is 0.471 e. The van der Waals surface area contributed by atoms with E-state index in [1.165, 1.54) is 13.8 Å². The molecule has 0 radical (unpaired) electrons. The number of halogens is 6. The van der Waals surface area contributed by atoms with Gasteiger partial charge in [-0.15, -0.1) is 0 Å². The standard InChI is InChI=1S/C9H11F6NO2/c1-3-5(4-2)16(6(17)8(10,11)12)7(18)9(13,14)15/h5H,3-4H2,1-2H3. The number of rotatable bonds is 3. The van der Waals surface area contributed by atoms with Crippen molar-refractivity contribution in [1.29, 1.82) is 0 Å². The van der Waals surface area contributed by atoms with Crippen LogP contribution in [0.2, 0.25) is 0 Å². The van der Waals surface area contributed by atoms with Crippen molar-refractivity contribution in [3.63, 3.8) is 0 Å². The lowest BCUT2D eigenvalue weighted by molar-refractivity contribution is -0.207. The Bertz CT molecular complexity index is 292. The van der Waals surface area contributed by atoms with E-state index >= 15 is 0 Å². The van der Waals surface area contributed by atoms with Crippen molar-refractivity contribution in [2.75, 3.05) is 0 Å². The lowest BCUT2D eigenvalue weighted by Crippen LogP contribution is -2.54. The number of hydrogen-bond acceptors (Lipinski definition) is 2. The maximum absolute atomic E-state index is 12.2. The third-order valence-electron chi connectivity index (χ3n) is 2.23. The molecular weight excluding hydrogens is 268 g/mol. The highest BCUT2D eigenvalue weighted by Gasteiger charge is 2.53. The first-order valence-electron chi connectivity index (χ1n) is 4.98. The summed E-state index contributed by atoms with van der Waals surface area (Å²) < 4.78 is 73.0. The topological polar surface area (TPSA) is 37.4 Å². The third-order valence-corrected chi connectivity index (χ3v) is 2.23. The molecule has 0 rings (SSSR count). The normalized spacial score (nSPS) is 12.7. The molecule has 0 aliphatic heterocycles. The van der Waals surface area contributed by atoms with Crippen LogP contribution in [0.15, 0.2) is 0 Å². The Hall–Kier alpha value is -1.28. The van der Waals surface area contributed by atoms with Crippen molar-refractivity contribution in [2.24, 2.45) is 0 Å². The predicted octanol–water partition coefficient (Wildman–Crippen LogP) is 2.65. The average Bonchev–Trinajstić information content (AvgIpc) is 2.21. The zero-order valence-electron chi connectivity index (χ0n) is 9.52. The maximum atomic E-state index is 12.2. The highest BCUT2D eigenvalue weighted by atomic mass is 19.4. The van der Waals surface area contributed by atoms with Crippen LogP contribution in [-0.4, -0.2) is 35.1 Å². The minimum Gasteiger partial charge on any atom is -0.264 e. The zero-order chi connectivity index (χ0) is 14.7. The molecule has 0 aromatic carbocycles. The number of carbonyl (C=O) groups excluding carboxylic acids is 2. The van der Waals surface area contributed by atoms with Crippen molar-refractivity contribution >= 4 is 11.8 Å². The van der Waals surface area contributed by atoms with Crippen molar-refractivity contribution in [1.82, 2.24) is 4.90 Å². The zero-order valence-corrected chi connectivity index (χ0v) is 9.52. The molecule has 0 aromatic rings. The second kappa shape index (κ2) is 5.57. The lowest BCUT2D eigenvalue weighted by atomic mass is 10.1. The Balaban J connectivity index is 5.46. The van der Waals surface area contributed by atoms with Gasteiger partial charge in [0.15, 0.2) is 0 Å². The summed E-state index contributed by atoms with van der Waals surface area (Å²) in [5, 5.41) is 0. The van der Waals surface area contributed by atoms with Crippen LogP contribution in [-0.2, 0) is 9.59 Å². The van der Waals surface area contributed by atoms with Crippen LogP contribution in [0.3, 0.4) is 0 Å². The first-order chi connectivity index (χ1) is 7.96. The first kappa shape index (κ1) is 16.7. The molecule has 0 bridgehead atoms. The Labute approximate surface area is 98.7 Å². The molecule has 0 spiro atoms. The van der Waals surface area contributed by atoms with E-state index in [0.717, 1.165) is 0 Å². The molecule has 0 aliphatic carbocycles. The lowest BCUT2D eigenvalue weighted by Gasteiger charge is -2.29. The SMILES string of the molecule is CCC(CC)N(C(=O)C(F)(F)F)C(=O)C(F)(F)F. The molecule has 106 valence electrons. The van der Waals surface area contributed by atoms with Gasteiger partial charge in [0.05, 0.1) is 0 Å². The summed E-state index contributed by atoms with van der Waals surface area (Å²) in [5.74, 6) is -5.59. The summed E-state index contributed by atoms with van der Waals surface area (Å²) >= 11 is 0. The molecule has 0 aromatic heterocycles. The van der Waals surface area contributed by atoms with Crippen molar-refractivity contribution in [3.8, 4) is 0 Å². The Morgan fingerprint density at radius 1 is 0.889 bits per heavy atom. The van der Waals surface area contributed by atoms with Gasteiger partial charge in [0.1, 0.15) is 0 Å². The van der Waals surface area contributed by atoms with E-state index in [1.807, 2.05) is 0 Å². The van der Waals surface area contributed by atoms with Gasteiger partial charge in [-0.1, -0.05) is 13.8 Å². The minimum absolute atomic E-state index is 0.194. The van der Waals surface area contributed by atoms with Gasteiger partial charge in [-0.25, -0.2) is 0 Å². The smallest absolute Gasteiger partial charge is 0.264 e. The van der Waals surface area contributed by atoms with E-state index in [1.54, 1.807) is 0 Å². The summed E-state index contributed by atoms with van der Waals surface area (Å²) in [7, 11) is 0. The van der Waals surface area contributed by atoms with E-state index in [-0.39, 0.29) is 12.8 Å². The second-order valence-corrected chi connectivity index (χ2v) is 3.45. The van der Waals surface area contributed by atoms with Gasteiger partial charge in [0, 0.05) is 6.04 Å². The van der Waals surface area contributed by atoms with Crippen LogP contribution in [0.5, 0.6) is 0 Å². The highest BCUT2D eigenvalue weighted by molar-refractivity contribution is 6.00. The number of nitrogens with zero attached hydrogens (tertiary/aromatic N) is 1. The summed E-state index contributed by atoms with van der Waals surface area (Å²) in [6.45, 7) is 2.57. The van der Waals surface area contributed by atoms with Gasteiger partial charge in [0.2, 0.25) is 0 Å². The molecule has 9 heteroatoms. The van der Waals surface area contributed by atoms with Gasteiger partial charge in [-0.2, -0.15) is 26.3 Å². The van der Waals surface area contributed by atoms with Crippen LogP contribution in [0.25, 0.3) is 0 Å². The van der Waals surface area contributed by atoms with E-state index < -0.39 is 35.1 Å². The van der Waals surface area contributed by atoms with Crippen LogP contribution >= 0.6 is 0 Å².